The van der Waals surface area contributed by atoms with Crippen LogP contribution < -0.4 is 5.32 Å². The molecule has 0 aromatic rings. The van der Waals surface area contributed by atoms with Crippen LogP contribution in [0.2, 0.25) is 0 Å². The molecule has 1 amide bonds. The molecule has 4 nitrogen and oxygen atoms in total. The number of carbonyl (C=O) groups is 2. The van der Waals surface area contributed by atoms with Crippen molar-refractivity contribution in [3.8, 4) is 0 Å². The molecule has 2 N–H and O–H groups in total. The zero-order valence-corrected chi connectivity index (χ0v) is 8.10. The van der Waals surface area contributed by atoms with E-state index in [2.05, 4.69) is 0 Å². The monoisotopic (exact) mass is 227 g/mol. The molecule has 88 valence electrons. The standard InChI is InChI=1S/C8H12F3NO3/c1-5(8(9,10)11)7(15)12-4-2-3-6(13)14/h5H,2-4H2,1H3,(H,12,15)(H,13,14). The summed E-state index contributed by atoms with van der Waals surface area (Å²) in [5, 5.41) is 10.2. The molecule has 0 saturated carbocycles. The summed E-state index contributed by atoms with van der Waals surface area (Å²) in [5.41, 5.74) is 0. The Labute approximate surface area is 84.5 Å². The number of carboxylic acids is 1. The average Bonchev–Trinajstić information content (AvgIpc) is 2.09. The van der Waals surface area contributed by atoms with Crippen LogP contribution in [0.5, 0.6) is 0 Å². The first kappa shape index (κ1) is 13.7. The maximum Gasteiger partial charge on any atom is 0.400 e. The molecule has 1 unspecified atom stereocenters. The number of amides is 1. The van der Waals surface area contributed by atoms with Crippen molar-refractivity contribution in [2.24, 2.45) is 5.92 Å². The molecule has 0 aromatic carbocycles. The lowest BCUT2D eigenvalue weighted by Crippen LogP contribution is -2.38. The number of halogens is 3. The molecule has 0 heterocycles. The van der Waals surface area contributed by atoms with Gasteiger partial charge in [-0.25, -0.2) is 0 Å². The Bertz CT molecular complexity index is 240. The molecule has 0 saturated heterocycles. The predicted octanol–water partition coefficient (Wildman–Crippen LogP) is 1.17. The molecule has 15 heavy (non-hydrogen) atoms. The van der Waals surface area contributed by atoms with E-state index in [-0.39, 0.29) is 19.4 Å². The van der Waals surface area contributed by atoms with Crippen molar-refractivity contribution >= 4 is 11.9 Å². The molecule has 0 aliphatic rings. The van der Waals surface area contributed by atoms with Gasteiger partial charge in [-0.05, 0) is 13.3 Å². The Hall–Kier alpha value is -1.27. The van der Waals surface area contributed by atoms with E-state index in [1.165, 1.54) is 0 Å². The molecule has 0 aliphatic heterocycles. The van der Waals surface area contributed by atoms with E-state index in [1.54, 1.807) is 0 Å². The SMILES string of the molecule is CC(C(=O)NCCCC(=O)O)C(F)(F)F. The van der Waals surface area contributed by atoms with Gasteiger partial charge in [0, 0.05) is 13.0 Å². The lowest BCUT2D eigenvalue weighted by Gasteiger charge is -2.14. The van der Waals surface area contributed by atoms with Crippen LogP contribution in [0.15, 0.2) is 0 Å². The first-order valence-electron chi connectivity index (χ1n) is 4.31. The van der Waals surface area contributed by atoms with Crippen molar-refractivity contribution in [1.82, 2.24) is 5.32 Å². The number of carboxylic acid groups (broad SMARTS) is 1. The van der Waals surface area contributed by atoms with Crippen LogP contribution in [-0.4, -0.2) is 29.7 Å². The molecule has 0 radical (unpaired) electrons. The van der Waals surface area contributed by atoms with E-state index in [0.29, 0.717) is 0 Å². The topological polar surface area (TPSA) is 66.4 Å². The van der Waals surface area contributed by atoms with E-state index < -0.39 is 24.0 Å². The van der Waals surface area contributed by atoms with Gasteiger partial charge in [0.25, 0.3) is 0 Å². The Balaban J connectivity index is 3.80. The number of rotatable bonds is 5. The van der Waals surface area contributed by atoms with Gasteiger partial charge in [0.15, 0.2) is 0 Å². The lowest BCUT2D eigenvalue weighted by atomic mass is 10.1. The van der Waals surface area contributed by atoms with Crippen molar-refractivity contribution in [1.29, 1.82) is 0 Å². The molecule has 0 spiro atoms. The average molecular weight is 227 g/mol. The fraction of sp³-hybridized carbons (Fsp3) is 0.750. The van der Waals surface area contributed by atoms with Gasteiger partial charge in [-0.1, -0.05) is 0 Å². The second-order valence-electron chi connectivity index (χ2n) is 3.05. The van der Waals surface area contributed by atoms with Gasteiger partial charge in [0.05, 0.1) is 0 Å². The highest BCUT2D eigenvalue weighted by Crippen LogP contribution is 2.25. The smallest absolute Gasteiger partial charge is 0.400 e. The molecule has 0 bridgehead atoms. The third-order valence-electron chi connectivity index (χ3n) is 1.75. The predicted molar refractivity (Wildman–Crippen MR) is 45.1 cm³/mol. The minimum atomic E-state index is -4.56. The fourth-order valence-corrected chi connectivity index (χ4v) is 0.753. The van der Waals surface area contributed by atoms with Crippen molar-refractivity contribution in [2.45, 2.75) is 25.9 Å². The van der Waals surface area contributed by atoms with E-state index in [9.17, 15) is 22.8 Å². The van der Waals surface area contributed by atoms with Crippen LogP contribution in [0.1, 0.15) is 19.8 Å². The summed E-state index contributed by atoms with van der Waals surface area (Å²) in [6.07, 6.45) is -4.62. The molecule has 0 aromatic heterocycles. The highest BCUT2D eigenvalue weighted by Gasteiger charge is 2.40. The number of alkyl halides is 3. The Morgan fingerprint density at radius 1 is 1.40 bits per heavy atom. The Kier molecular flexibility index (Phi) is 5.10. The van der Waals surface area contributed by atoms with Crippen molar-refractivity contribution in [3.05, 3.63) is 0 Å². The lowest BCUT2D eigenvalue weighted by molar-refractivity contribution is -0.178. The molecule has 7 heteroatoms. The van der Waals surface area contributed by atoms with Gasteiger partial charge < -0.3 is 10.4 Å². The number of hydrogen-bond acceptors (Lipinski definition) is 2. The third kappa shape index (κ3) is 5.92. The van der Waals surface area contributed by atoms with Crippen molar-refractivity contribution < 1.29 is 27.9 Å². The van der Waals surface area contributed by atoms with E-state index >= 15 is 0 Å². The first-order chi connectivity index (χ1) is 6.75. The van der Waals surface area contributed by atoms with Gasteiger partial charge in [-0.2, -0.15) is 13.2 Å². The number of hydrogen-bond donors (Lipinski definition) is 2. The summed E-state index contributed by atoms with van der Waals surface area (Å²) < 4.78 is 35.9. The minimum absolute atomic E-state index is 0.0639. The molecular formula is C8H12F3NO3. The summed E-state index contributed by atoms with van der Waals surface area (Å²) >= 11 is 0. The summed E-state index contributed by atoms with van der Waals surface area (Å²) in [5.74, 6) is -4.25. The summed E-state index contributed by atoms with van der Waals surface area (Å²) in [6.45, 7) is 0.693. The van der Waals surface area contributed by atoms with Gasteiger partial charge in [-0.3, -0.25) is 9.59 Å². The number of carbonyl (C=O) groups excluding carboxylic acids is 1. The van der Waals surface area contributed by atoms with Crippen LogP contribution in [-0.2, 0) is 9.59 Å². The highest BCUT2D eigenvalue weighted by atomic mass is 19.4. The van der Waals surface area contributed by atoms with E-state index in [1.807, 2.05) is 5.32 Å². The fourth-order valence-electron chi connectivity index (χ4n) is 0.753. The van der Waals surface area contributed by atoms with Crippen LogP contribution in [0.25, 0.3) is 0 Å². The molecule has 0 aliphatic carbocycles. The van der Waals surface area contributed by atoms with Crippen LogP contribution >= 0.6 is 0 Å². The zero-order valence-electron chi connectivity index (χ0n) is 8.10. The third-order valence-corrected chi connectivity index (χ3v) is 1.75. The second kappa shape index (κ2) is 5.57. The molecule has 0 fully saturated rings. The Morgan fingerprint density at radius 2 is 1.93 bits per heavy atom. The maximum atomic E-state index is 12.0. The first-order valence-corrected chi connectivity index (χ1v) is 4.31. The number of nitrogens with one attached hydrogen (secondary N) is 1. The number of aliphatic carboxylic acids is 1. The summed E-state index contributed by atoms with van der Waals surface area (Å²) in [4.78, 5) is 20.9. The second-order valence-corrected chi connectivity index (χ2v) is 3.05. The largest absolute Gasteiger partial charge is 0.481 e. The quantitative estimate of drug-likeness (QED) is 0.693. The van der Waals surface area contributed by atoms with Gasteiger partial charge in [-0.15, -0.1) is 0 Å². The molecular weight excluding hydrogens is 215 g/mol. The summed E-state index contributed by atoms with van der Waals surface area (Å²) in [6, 6.07) is 0. The zero-order chi connectivity index (χ0) is 12.1. The van der Waals surface area contributed by atoms with E-state index in [4.69, 9.17) is 5.11 Å². The van der Waals surface area contributed by atoms with Gasteiger partial charge in [0.1, 0.15) is 5.92 Å². The molecule has 1 atom stereocenters. The van der Waals surface area contributed by atoms with Crippen LogP contribution in [0, 0.1) is 5.92 Å². The van der Waals surface area contributed by atoms with E-state index in [0.717, 1.165) is 6.92 Å². The maximum absolute atomic E-state index is 12.0. The highest BCUT2D eigenvalue weighted by molar-refractivity contribution is 5.79. The van der Waals surface area contributed by atoms with Crippen LogP contribution in [0.3, 0.4) is 0 Å². The normalized spacial score (nSPS) is 13.3. The molecule has 0 rings (SSSR count). The Morgan fingerprint density at radius 3 is 2.33 bits per heavy atom. The van der Waals surface area contributed by atoms with Crippen LogP contribution in [0.4, 0.5) is 13.2 Å². The van der Waals surface area contributed by atoms with Gasteiger partial charge >= 0.3 is 12.1 Å². The van der Waals surface area contributed by atoms with Crippen molar-refractivity contribution in [2.75, 3.05) is 6.54 Å². The van der Waals surface area contributed by atoms with Gasteiger partial charge in [0.2, 0.25) is 5.91 Å². The van der Waals surface area contributed by atoms with Crippen molar-refractivity contribution in [3.63, 3.8) is 0 Å². The summed E-state index contributed by atoms with van der Waals surface area (Å²) in [7, 11) is 0. The minimum Gasteiger partial charge on any atom is -0.481 e.